The lowest BCUT2D eigenvalue weighted by Crippen LogP contribution is -2.71. The van der Waals surface area contributed by atoms with E-state index >= 15 is 0 Å². The average molecular weight is 348 g/mol. The molecule has 0 aromatic carbocycles. The zero-order chi connectivity index (χ0) is 18.0. The standard InChI is InChI=1S/C20H28O5/c1-11(2)17(21)25-20-9-14-7-15(12(20)3)10-19(8-14,13(20)4)24-16-5-6-23-18(16)22/h12-16H,1,5-10H2,2-4H3. The average Bonchev–Trinajstić information content (AvgIpc) is 2.94. The highest BCUT2D eigenvalue weighted by Gasteiger charge is 2.68. The molecule has 0 radical (unpaired) electrons. The third kappa shape index (κ3) is 2.38. The van der Waals surface area contributed by atoms with E-state index in [-0.39, 0.29) is 23.5 Å². The number of rotatable bonds is 4. The summed E-state index contributed by atoms with van der Waals surface area (Å²) in [7, 11) is 0. The minimum absolute atomic E-state index is 0.0551. The highest BCUT2D eigenvalue weighted by Crippen LogP contribution is 2.65. The number of carbonyl (C=O) groups excluding carboxylic acids is 2. The van der Waals surface area contributed by atoms with E-state index in [2.05, 4.69) is 20.4 Å². The van der Waals surface area contributed by atoms with Crippen molar-refractivity contribution in [2.45, 2.75) is 70.2 Å². The molecule has 4 bridgehead atoms. The summed E-state index contributed by atoms with van der Waals surface area (Å²) in [5.74, 6) is 0.759. The smallest absolute Gasteiger partial charge is 0.335 e. The first-order valence-electron chi connectivity index (χ1n) is 9.51. The summed E-state index contributed by atoms with van der Waals surface area (Å²) in [6.45, 7) is 10.2. The van der Waals surface area contributed by atoms with Crippen LogP contribution in [-0.2, 0) is 23.8 Å². The fourth-order valence-electron chi connectivity index (χ4n) is 6.10. The van der Waals surface area contributed by atoms with Gasteiger partial charge in [-0.3, -0.25) is 0 Å². The minimum atomic E-state index is -0.511. The van der Waals surface area contributed by atoms with Crippen molar-refractivity contribution in [2.24, 2.45) is 23.7 Å². The van der Waals surface area contributed by atoms with Crippen molar-refractivity contribution in [1.82, 2.24) is 0 Å². The molecule has 138 valence electrons. The van der Waals surface area contributed by atoms with Crippen molar-refractivity contribution in [2.75, 3.05) is 6.61 Å². The van der Waals surface area contributed by atoms with Crippen molar-refractivity contribution in [3.8, 4) is 0 Å². The van der Waals surface area contributed by atoms with Crippen LogP contribution >= 0.6 is 0 Å². The van der Waals surface area contributed by atoms with Gasteiger partial charge in [-0.05, 0) is 50.4 Å². The van der Waals surface area contributed by atoms with Crippen LogP contribution in [0, 0.1) is 23.7 Å². The molecule has 0 aromatic rings. The molecule has 25 heavy (non-hydrogen) atoms. The van der Waals surface area contributed by atoms with Gasteiger partial charge in [-0.1, -0.05) is 20.4 Å². The SMILES string of the molecule is C=C(C)C(=O)OC12CC3CC(CC(OC4CCOC4=O)(C3)C1C)C2C. The van der Waals surface area contributed by atoms with E-state index in [0.29, 0.717) is 36.4 Å². The van der Waals surface area contributed by atoms with Crippen LogP contribution in [0.15, 0.2) is 12.2 Å². The topological polar surface area (TPSA) is 61.8 Å². The van der Waals surface area contributed by atoms with Crippen LogP contribution in [0.4, 0.5) is 0 Å². The summed E-state index contributed by atoms with van der Waals surface area (Å²) in [4.78, 5) is 24.4. The Hall–Kier alpha value is -1.36. The Morgan fingerprint density at radius 2 is 2.04 bits per heavy atom. The third-order valence-corrected chi connectivity index (χ3v) is 7.38. The first kappa shape index (κ1) is 17.1. The van der Waals surface area contributed by atoms with Crippen LogP contribution in [0.5, 0.6) is 0 Å². The highest BCUT2D eigenvalue weighted by atomic mass is 16.6. The van der Waals surface area contributed by atoms with E-state index in [1.807, 2.05) is 0 Å². The van der Waals surface area contributed by atoms with E-state index in [4.69, 9.17) is 14.2 Å². The Morgan fingerprint density at radius 1 is 1.28 bits per heavy atom. The van der Waals surface area contributed by atoms with Gasteiger partial charge in [0, 0.05) is 17.9 Å². The number of hydrogen-bond donors (Lipinski definition) is 0. The molecule has 4 saturated carbocycles. The van der Waals surface area contributed by atoms with Gasteiger partial charge in [0.15, 0.2) is 6.10 Å². The molecule has 0 aromatic heterocycles. The number of cyclic esters (lactones) is 1. The van der Waals surface area contributed by atoms with Crippen LogP contribution < -0.4 is 0 Å². The zero-order valence-electron chi connectivity index (χ0n) is 15.4. The number of esters is 2. The second kappa shape index (κ2) is 5.57. The summed E-state index contributed by atoms with van der Waals surface area (Å²) in [6.07, 6.45) is 4.11. The molecule has 0 amide bonds. The number of carbonyl (C=O) groups is 2. The van der Waals surface area contributed by atoms with Gasteiger partial charge < -0.3 is 14.2 Å². The Bertz CT molecular complexity index is 628. The molecule has 5 heteroatoms. The molecule has 4 aliphatic carbocycles. The predicted octanol–water partition coefficient (Wildman–Crippen LogP) is 3.02. The van der Waals surface area contributed by atoms with Gasteiger partial charge in [0.25, 0.3) is 0 Å². The first-order valence-corrected chi connectivity index (χ1v) is 9.51. The predicted molar refractivity (Wildman–Crippen MR) is 90.6 cm³/mol. The van der Waals surface area contributed by atoms with Gasteiger partial charge in [0.2, 0.25) is 0 Å². The zero-order valence-corrected chi connectivity index (χ0v) is 15.4. The van der Waals surface area contributed by atoms with Gasteiger partial charge in [0.1, 0.15) is 5.60 Å². The summed E-state index contributed by atoms with van der Waals surface area (Å²) >= 11 is 0. The second-order valence-electron chi connectivity index (χ2n) is 8.74. The largest absolute Gasteiger partial charge is 0.464 e. The van der Waals surface area contributed by atoms with Crippen LogP contribution in [0.3, 0.4) is 0 Å². The van der Waals surface area contributed by atoms with E-state index in [1.54, 1.807) is 6.92 Å². The maximum Gasteiger partial charge on any atom is 0.335 e. The van der Waals surface area contributed by atoms with Crippen molar-refractivity contribution < 1.29 is 23.8 Å². The van der Waals surface area contributed by atoms with Crippen molar-refractivity contribution in [3.63, 3.8) is 0 Å². The second-order valence-corrected chi connectivity index (χ2v) is 8.74. The van der Waals surface area contributed by atoms with Crippen LogP contribution in [-0.4, -0.2) is 35.9 Å². The fraction of sp³-hybridized carbons (Fsp3) is 0.800. The Labute approximate surface area is 149 Å². The van der Waals surface area contributed by atoms with Gasteiger partial charge in [-0.15, -0.1) is 0 Å². The molecule has 7 unspecified atom stereocenters. The molecule has 5 nitrogen and oxygen atoms in total. The molecule has 5 fully saturated rings. The fourth-order valence-corrected chi connectivity index (χ4v) is 6.10. The third-order valence-electron chi connectivity index (χ3n) is 7.38. The summed E-state index contributed by atoms with van der Waals surface area (Å²) in [5, 5.41) is 0. The maximum absolute atomic E-state index is 12.4. The molecule has 0 N–H and O–H groups in total. The summed E-state index contributed by atoms with van der Waals surface area (Å²) in [6, 6.07) is 0. The van der Waals surface area contributed by atoms with E-state index < -0.39 is 11.7 Å². The molecule has 5 aliphatic rings. The van der Waals surface area contributed by atoms with Crippen LogP contribution in [0.2, 0.25) is 0 Å². The molecule has 1 heterocycles. The first-order chi connectivity index (χ1) is 11.8. The lowest BCUT2D eigenvalue weighted by atomic mass is 9.44. The van der Waals surface area contributed by atoms with Crippen LogP contribution in [0.25, 0.3) is 0 Å². The molecule has 1 aliphatic heterocycles. The van der Waals surface area contributed by atoms with Crippen molar-refractivity contribution in [3.05, 3.63) is 12.2 Å². The van der Waals surface area contributed by atoms with Crippen molar-refractivity contribution in [1.29, 1.82) is 0 Å². The molecular formula is C20H28O5. The van der Waals surface area contributed by atoms with Crippen molar-refractivity contribution >= 4 is 11.9 Å². The summed E-state index contributed by atoms with van der Waals surface area (Å²) < 4.78 is 17.7. The number of hydrogen-bond acceptors (Lipinski definition) is 5. The monoisotopic (exact) mass is 348 g/mol. The highest BCUT2D eigenvalue weighted by molar-refractivity contribution is 5.87. The quantitative estimate of drug-likeness (QED) is 0.577. The normalized spacial score (nSPS) is 47.6. The minimum Gasteiger partial charge on any atom is -0.464 e. The lowest BCUT2D eigenvalue weighted by molar-refractivity contribution is -0.293. The number of ether oxygens (including phenoxy) is 3. The molecular weight excluding hydrogens is 320 g/mol. The lowest BCUT2D eigenvalue weighted by Gasteiger charge is -2.67. The van der Waals surface area contributed by atoms with Gasteiger partial charge >= 0.3 is 11.9 Å². The van der Waals surface area contributed by atoms with Gasteiger partial charge in [0.05, 0.1) is 12.2 Å². The van der Waals surface area contributed by atoms with E-state index in [9.17, 15) is 9.59 Å². The Morgan fingerprint density at radius 3 is 2.68 bits per heavy atom. The van der Waals surface area contributed by atoms with Gasteiger partial charge in [-0.2, -0.15) is 0 Å². The summed E-state index contributed by atoms with van der Waals surface area (Å²) in [5.41, 5.74) is -0.464. The Kier molecular flexibility index (Phi) is 3.80. The molecule has 7 atom stereocenters. The maximum atomic E-state index is 12.4. The molecule has 0 spiro atoms. The Balaban J connectivity index is 1.67. The van der Waals surface area contributed by atoms with E-state index in [1.165, 1.54) is 6.42 Å². The van der Waals surface area contributed by atoms with Gasteiger partial charge in [-0.25, -0.2) is 9.59 Å². The molecule has 5 rings (SSSR count). The van der Waals surface area contributed by atoms with Crippen LogP contribution in [0.1, 0.15) is 52.9 Å². The molecule has 1 saturated heterocycles. The van der Waals surface area contributed by atoms with E-state index in [0.717, 1.165) is 19.3 Å².